The topological polar surface area (TPSA) is 139 Å². The van der Waals surface area contributed by atoms with Crippen molar-refractivity contribution in [2.24, 2.45) is 0 Å². The first-order chi connectivity index (χ1) is 15.3. The molecule has 1 amide bonds. The van der Waals surface area contributed by atoms with Crippen LogP contribution in [0.5, 0.6) is 5.75 Å². The molecule has 0 atom stereocenters. The summed E-state index contributed by atoms with van der Waals surface area (Å²) in [7, 11) is 0. The van der Waals surface area contributed by atoms with E-state index in [-0.39, 0.29) is 34.4 Å². The van der Waals surface area contributed by atoms with Gasteiger partial charge in [0.15, 0.2) is 0 Å². The number of carbonyl (C=O) groups is 1. The number of nitro groups is 1. The molecule has 2 saturated heterocycles. The largest absolute Gasteiger partial charge is 0.616 e. The Hall–Kier alpha value is -3.12. The molecule has 170 valence electrons. The van der Waals surface area contributed by atoms with Crippen LogP contribution in [-0.4, -0.2) is 86.1 Å². The number of para-hydroxylation sites is 1. The number of aryl methyl sites for hydroxylation is 1. The van der Waals surface area contributed by atoms with Gasteiger partial charge in [-0.3, -0.25) is 14.9 Å². The lowest BCUT2D eigenvalue weighted by Gasteiger charge is -2.35. The summed E-state index contributed by atoms with van der Waals surface area (Å²) in [6.07, 6.45) is 0. The fourth-order valence-corrected chi connectivity index (χ4v) is 4.95. The lowest BCUT2D eigenvalue weighted by atomic mass is 10.1. The highest BCUT2D eigenvalue weighted by molar-refractivity contribution is 7.91. The number of hydrogen-bond acceptors (Lipinski definition) is 9. The van der Waals surface area contributed by atoms with E-state index in [1.807, 2.05) is 4.90 Å². The maximum Gasteiger partial charge on any atom is 0.332 e. The number of phenols is 1. The standard InChI is InChI=1S/C20H24N6O5S/c1-14-17(26(29)30)18(23-10-12-32(31)13-11-23)22-20(21-14)25-8-6-24(7-9-25)19(28)15-4-2-3-5-16(15)27/h2-5,27H,6-13H2,1H3. The number of carbonyl (C=O) groups excluding carboxylic acids is 1. The van der Waals surface area contributed by atoms with E-state index >= 15 is 0 Å². The molecular weight excluding hydrogens is 436 g/mol. The molecule has 1 aromatic carbocycles. The van der Waals surface area contributed by atoms with Gasteiger partial charge >= 0.3 is 5.69 Å². The first-order valence-corrected chi connectivity index (χ1v) is 11.8. The second-order valence-electron chi connectivity index (χ2n) is 7.67. The van der Waals surface area contributed by atoms with E-state index < -0.39 is 16.1 Å². The number of benzene rings is 1. The van der Waals surface area contributed by atoms with Gasteiger partial charge in [0.2, 0.25) is 11.8 Å². The Morgan fingerprint density at radius 1 is 1.06 bits per heavy atom. The molecule has 0 bridgehead atoms. The monoisotopic (exact) mass is 460 g/mol. The molecule has 3 heterocycles. The summed E-state index contributed by atoms with van der Waals surface area (Å²) in [4.78, 5) is 38.2. The quantitative estimate of drug-likeness (QED) is 0.401. The Labute approximate surface area is 188 Å². The summed E-state index contributed by atoms with van der Waals surface area (Å²) in [5.41, 5.74) is 0.400. The van der Waals surface area contributed by atoms with Gasteiger partial charge in [-0.2, -0.15) is 4.98 Å². The van der Waals surface area contributed by atoms with Crippen LogP contribution < -0.4 is 9.80 Å². The predicted octanol–water partition coefficient (Wildman–Crippen LogP) is 0.930. The van der Waals surface area contributed by atoms with Gasteiger partial charge in [0.25, 0.3) is 5.91 Å². The van der Waals surface area contributed by atoms with E-state index in [0.717, 1.165) is 0 Å². The van der Waals surface area contributed by atoms with Gasteiger partial charge < -0.3 is 24.4 Å². The predicted molar refractivity (Wildman–Crippen MR) is 120 cm³/mol. The first kappa shape index (κ1) is 22.1. The number of phenolic OH excluding ortho intramolecular Hbond substituents is 1. The van der Waals surface area contributed by atoms with Crippen molar-refractivity contribution < 1.29 is 19.4 Å². The van der Waals surface area contributed by atoms with E-state index in [2.05, 4.69) is 9.97 Å². The van der Waals surface area contributed by atoms with E-state index in [0.29, 0.717) is 56.7 Å². The van der Waals surface area contributed by atoms with Crippen molar-refractivity contribution in [2.75, 3.05) is 60.6 Å². The Morgan fingerprint density at radius 2 is 1.72 bits per heavy atom. The summed E-state index contributed by atoms with van der Waals surface area (Å²) in [6.45, 7) is 4.19. The minimum absolute atomic E-state index is 0.0543. The van der Waals surface area contributed by atoms with Crippen molar-refractivity contribution in [3.63, 3.8) is 0 Å². The Morgan fingerprint density at radius 3 is 2.34 bits per heavy atom. The van der Waals surface area contributed by atoms with E-state index in [1.54, 1.807) is 34.9 Å². The van der Waals surface area contributed by atoms with Gasteiger partial charge in [0, 0.05) is 26.2 Å². The minimum Gasteiger partial charge on any atom is -0.616 e. The molecule has 2 aromatic rings. The second kappa shape index (κ2) is 9.17. The molecule has 4 rings (SSSR count). The zero-order valence-corrected chi connectivity index (χ0v) is 18.5. The first-order valence-electron chi connectivity index (χ1n) is 10.3. The fraction of sp³-hybridized carbons (Fsp3) is 0.450. The molecule has 2 fully saturated rings. The van der Waals surface area contributed by atoms with E-state index in [9.17, 15) is 24.6 Å². The van der Waals surface area contributed by atoms with Crippen LogP contribution in [0.15, 0.2) is 24.3 Å². The Bertz CT molecular complexity index is 1020. The van der Waals surface area contributed by atoms with E-state index in [4.69, 9.17) is 0 Å². The Balaban J connectivity index is 1.53. The van der Waals surface area contributed by atoms with E-state index in [1.165, 1.54) is 6.07 Å². The van der Waals surface area contributed by atoms with Crippen LogP contribution in [0.4, 0.5) is 17.5 Å². The lowest BCUT2D eigenvalue weighted by Crippen LogP contribution is -2.49. The van der Waals surface area contributed by atoms with Crippen molar-refractivity contribution in [1.29, 1.82) is 0 Å². The molecule has 32 heavy (non-hydrogen) atoms. The van der Waals surface area contributed by atoms with Crippen molar-refractivity contribution >= 4 is 34.5 Å². The number of nitrogens with zero attached hydrogens (tertiary/aromatic N) is 6. The molecule has 0 aliphatic carbocycles. The molecule has 1 N–H and O–H groups in total. The van der Waals surface area contributed by atoms with Crippen LogP contribution in [0, 0.1) is 17.0 Å². The van der Waals surface area contributed by atoms with Gasteiger partial charge in [-0.15, -0.1) is 0 Å². The highest BCUT2D eigenvalue weighted by atomic mass is 32.2. The molecule has 0 unspecified atom stereocenters. The highest BCUT2D eigenvalue weighted by Crippen LogP contribution is 2.32. The number of aromatic nitrogens is 2. The molecule has 2 aliphatic rings. The average molecular weight is 461 g/mol. The smallest absolute Gasteiger partial charge is 0.332 e. The molecule has 0 spiro atoms. The van der Waals surface area contributed by atoms with Crippen LogP contribution in [0.3, 0.4) is 0 Å². The SMILES string of the molecule is Cc1nc(N2CCN(C(=O)c3ccccc3O)CC2)nc(N2CC[S+]([O-])CC2)c1[N+](=O)[O-]. The molecule has 0 saturated carbocycles. The summed E-state index contributed by atoms with van der Waals surface area (Å²) in [5, 5.41) is 21.6. The summed E-state index contributed by atoms with van der Waals surface area (Å²) < 4.78 is 11.7. The third-order valence-corrected chi connectivity index (χ3v) is 6.95. The molecule has 2 aliphatic heterocycles. The van der Waals surface area contributed by atoms with Crippen LogP contribution in [0.1, 0.15) is 16.1 Å². The maximum absolute atomic E-state index is 12.7. The third-order valence-electron chi connectivity index (χ3n) is 5.67. The van der Waals surface area contributed by atoms with Crippen molar-refractivity contribution in [2.45, 2.75) is 6.92 Å². The summed E-state index contributed by atoms with van der Waals surface area (Å²) in [5.74, 6) is 1.23. The second-order valence-corrected chi connectivity index (χ2v) is 9.37. The lowest BCUT2D eigenvalue weighted by molar-refractivity contribution is -0.385. The van der Waals surface area contributed by atoms with Gasteiger partial charge in [0.1, 0.15) is 22.9 Å². The molecule has 1 aromatic heterocycles. The third kappa shape index (κ3) is 4.41. The van der Waals surface area contributed by atoms with Crippen molar-refractivity contribution in [3.8, 4) is 5.75 Å². The number of amides is 1. The number of hydrogen-bond donors (Lipinski definition) is 1. The van der Waals surface area contributed by atoms with Crippen molar-refractivity contribution in [1.82, 2.24) is 14.9 Å². The number of rotatable bonds is 4. The highest BCUT2D eigenvalue weighted by Gasteiger charge is 2.32. The summed E-state index contributed by atoms with van der Waals surface area (Å²) in [6, 6.07) is 6.43. The van der Waals surface area contributed by atoms with Crippen LogP contribution in [-0.2, 0) is 11.2 Å². The van der Waals surface area contributed by atoms with Gasteiger partial charge in [-0.05, 0) is 19.1 Å². The molecule has 12 heteroatoms. The number of anilines is 2. The van der Waals surface area contributed by atoms with Gasteiger partial charge in [-0.25, -0.2) is 4.98 Å². The number of piperazine rings is 1. The molecular formula is C20H24N6O5S. The molecule has 0 radical (unpaired) electrons. The van der Waals surface area contributed by atoms with Crippen LogP contribution >= 0.6 is 0 Å². The summed E-state index contributed by atoms with van der Waals surface area (Å²) >= 11 is -0.914. The van der Waals surface area contributed by atoms with Gasteiger partial charge in [-0.1, -0.05) is 23.3 Å². The zero-order valence-electron chi connectivity index (χ0n) is 17.6. The average Bonchev–Trinajstić information content (AvgIpc) is 2.79. The fourth-order valence-electron chi connectivity index (χ4n) is 3.90. The van der Waals surface area contributed by atoms with Crippen LogP contribution in [0.2, 0.25) is 0 Å². The zero-order chi connectivity index (χ0) is 22.8. The Kier molecular flexibility index (Phi) is 6.33. The minimum atomic E-state index is -0.914. The van der Waals surface area contributed by atoms with Crippen LogP contribution in [0.25, 0.3) is 0 Å². The number of aromatic hydroxyl groups is 1. The normalized spacial score (nSPS) is 17.5. The molecule has 11 nitrogen and oxygen atoms in total. The van der Waals surface area contributed by atoms with Crippen molar-refractivity contribution in [3.05, 3.63) is 45.6 Å². The van der Waals surface area contributed by atoms with Gasteiger partial charge in [0.05, 0.1) is 23.6 Å². The maximum atomic E-state index is 12.7.